The maximum atomic E-state index is 12.4. The van der Waals surface area contributed by atoms with Crippen molar-refractivity contribution in [1.82, 2.24) is 0 Å². The first-order valence-corrected chi connectivity index (χ1v) is 8.55. The minimum atomic E-state index is -0.635. The molecule has 0 saturated heterocycles. The van der Waals surface area contributed by atoms with Gasteiger partial charge in [-0.2, -0.15) is 0 Å². The second-order valence-corrected chi connectivity index (χ2v) is 6.12. The van der Waals surface area contributed by atoms with E-state index in [9.17, 15) is 4.79 Å². The van der Waals surface area contributed by atoms with Crippen molar-refractivity contribution in [3.63, 3.8) is 0 Å². The van der Waals surface area contributed by atoms with Crippen molar-refractivity contribution >= 4 is 22.4 Å². The standard InChI is InChI=1S/C21H19NO4/c1-14(26-18-8-6-15-4-2-3-5-16(15)12-18)21(23)22-17-7-9-19-20(13-17)25-11-10-24-19/h2-9,12-14H,10-11H2,1H3,(H,22,23)/t14-/m0/s1. The normalized spacial score (nSPS) is 13.9. The molecule has 5 nitrogen and oxygen atoms in total. The number of rotatable bonds is 4. The van der Waals surface area contributed by atoms with Crippen molar-refractivity contribution in [3.05, 3.63) is 60.7 Å². The van der Waals surface area contributed by atoms with E-state index in [2.05, 4.69) is 5.32 Å². The molecule has 0 fully saturated rings. The van der Waals surface area contributed by atoms with Gasteiger partial charge in [0, 0.05) is 11.8 Å². The van der Waals surface area contributed by atoms with Crippen molar-refractivity contribution in [2.75, 3.05) is 18.5 Å². The van der Waals surface area contributed by atoms with Gasteiger partial charge in [0.25, 0.3) is 5.91 Å². The molecule has 132 valence electrons. The summed E-state index contributed by atoms with van der Waals surface area (Å²) in [6.45, 7) is 2.77. The molecule has 3 aromatic rings. The number of nitrogens with one attached hydrogen (secondary N) is 1. The Labute approximate surface area is 151 Å². The minimum Gasteiger partial charge on any atom is -0.486 e. The van der Waals surface area contributed by atoms with E-state index in [1.807, 2.05) is 42.5 Å². The van der Waals surface area contributed by atoms with Crippen LogP contribution in [0.15, 0.2) is 60.7 Å². The lowest BCUT2D eigenvalue weighted by atomic mass is 10.1. The van der Waals surface area contributed by atoms with Crippen LogP contribution in [0.3, 0.4) is 0 Å². The van der Waals surface area contributed by atoms with E-state index in [0.717, 1.165) is 10.8 Å². The fourth-order valence-electron chi connectivity index (χ4n) is 2.86. The van der Waals surface area contributed by atoms with Gasteiger partial charge in [-0.3, -0.25) is 4.79 Å². The Balaban J connectivity index is 1.44. The first kappa shape index (κ1) is 16.3. The second kappa shape index (κ2) is 6.96. The summed E-state index contributed by atoms with van der Waals surface area (Å²) >= 11 is 0. The van der Waals surface area contributed by atoms with E-state index in [4.69, 9.17) is 14.2 Å². The van der Waals surface area contributed by atoms with Gasteiger partial charge in [-0.15, -0.1) is 0 Å². The second-order valence-electron chi connectivity index (χ2n) is 6.12. The number of hydrogen-bond acceptors (Lipinski definition) is 4. The smallest absolute Gasteiger partial charge is 0.265 e. The Kier molecular flexibility index (Phi) is 4.35. The summed E-state index contributed by atoms with van der Waals surface area (Å²) in [5, 5.41) is 5.06. The number of amides is 1. The molecule has 0 aliphatic carbocycles. The number of benzene rings is 3. The molecule has 0 unspecified atom stereocenters. The number of carbonyl (C=O) groups excluding carboxylic acids is 1. The topological polar surface area (TPSA) is 56.8 Å². The van der Waals surface area contributed by atoms with Crippen LogP contribution in [-0.2, 0) is 4.79 Å². The number of fused-ring (bicyclic) bond motifs is 2. The predicted molar refractivity (Wildman–Crippen MR) is 100 cm³/mol. The Hall–Kier alpha value is -3.21. The van der Waals surface area contributed by atoms with Crippen molar-refractivity contribution in [2.45, 2.75) is 13.0 Å². The number of anilines is 1. The van der Waals surface area contributed by atoms with Crippen LogP contribution in [0.5, 0.6) is 17.2 Å². The van der Waals surface area contributed by atoms with Gasteiger partial charge < -0.3 is 19.5 Å². The highest BCUT2D eigenvalue weighted by molar-refractivity contribution is 5.94. The lowest BCUT2D eigenvalue weighted by Gasteiger charge is -2.20. The van der Waals surface area contributed by atoms with Crippen LogP contribution in [0.2, 0.25) is 0 Å². The molecule has 0 radical (unpaired) electrons. The first-order valence-electron chi connectivity index (χ1n) is 8.55. The molecule has 0 aromatic heterocycles. The molecular weight excluding hydrogens is 330 g/mol. The molecular formula is C21H19NO4. The summed E-state index contributed by atoms with van der Waals surface area (Å²) < 4.78 is 16.8. The van der Waals surface area contributed by atoms with Gasteiger partial charge in [0.1, 0.15) is 19.0 Å². The van der Waals surface area contributed by atoms with Crippen LogP contribution < -0.4 is 19.5 Å². The summed E-state index contributed by atoms with van der Waals surface area (Å²) in [4.78, 5) is 12.4. The summed E-state index contributed by atoms with van der Waals surface area (Å²) in [6.07, 6.45) is -0.635. The lowest BCUT2D eigenvalue weighted by Crippen LogP contribution is -2.30. The average Bonchev–Trinajstić information content (AvgIpc) is 2.67. The molecule has 26 heavy (non-hydrogen) atoms. The lowest BCUT2D eigenvalue weighted by molar-refractivity contribution is -0.122. The molecule has 1 aliphatic heterocycles. The molecule has 1 aliphatic rings. The van der Waals surface area contributed by atoms with Crippen LogP contribution in [0.4, 0.5) is 5.69 Å². The van der Waals surface area contributed by atoms with E-state index in [1.54, 1.807) is 25.1 Å². The van der Waals surface area contributed by atoms with Crippen molar-refractivity contribution in [3.8, 4) is 17.2 Å². The van der Waals surface area contributed by atoms with Gasteiger partial charge in [-0.05, 0) is 42.0 Å². The van der Waals surface area contributed by atoms with Crippen LogP contribution in [0, 0.1) is 0 Å². The predicted octanol–water partition coefficient (Wildman–Crippen LogP) is 4.02. The van der Waals surface area contributed by atoms with Gasteiger partial charge >= 0.3 is 0 Å². The molecule has 5 heteroatoms. The Morgan fingerprint density at radius 3 is 2.58 bits per heavy atom. The quantitative estimate of drug-likeness (QED) is 0.773. The zero-order chi connectivity index (χ0) is 17.9. The monoisotopic (exact) mass is 349 g/mol. The van der Waals surface area contributed by atoms with Crippen LogP contribution in [0.1, 0.15) is 6.92 Å². The fourth-order valence-corrected chi connectivity index (χ4v) is 2.86. The Morgan fingerprint density at radius 2 is 1.73 bits per heavy atom. The van der Waals surface area contributed by atoms with Crippen LogP contribution in [-0.4, -0.2) is 25.2 Å². The zero-order valence-corrected chi connectivity index (χ0v) is 14.4. The van der Waals surface area contributed by atoms with Crippen molar-refractivity contribution in [1.29, 1.82) is 0 Å². The highest BCUT2D eigenvalue weighted by Crippen LogP contribution is 2.32. The van der Waals surface area contributed by atoms with E-state index >= 15 is 0 Å². The maximum absolute atomic E-state index is 12.4. The van der Waals surface area contributed by atoms with Gasteiger partial charge in [0.05, 0.1) is 0 Å². The minimum absolute atomic E-state index is 0.227. The molecule has 1 heterocycles. The SMILES string of the molecule is C[C@H](Oc1ccc2ccccc2c1)C(=O)Nc1ccc2c(c1)OCCO2. The molecule has 0 bridgehead atoms. The first-order chi connectivity index (χ1) is 12.7. The summed E-state index contributed by atoms with van der Waals surface area (Å²) in [7, 11) is 0. The highest BCUT2D eigenvalue weighted by Gasteiger charge is 2.17. The summed E-state index contributed by atoms with van der Waals surface area (Å²) in [6, 6.07) is 19.1. The zero-order valence-electron chi connectivity index (χ0n) is 14.4. The number of ether oxygens (including phenoxy) is 3. The summed E-state index contributed by atoms with van der Waals surface area (Å²) in [5.41, 5.74) is 0.646. The highest BCUT2D eigenvalue weighted by atomic mass is 16.6. The van der Waals surface area contributed by atoms with Crippen molar-refractivity contribution < 1.29 is 19.0 Å². The van der Waals surface area contributed by atoms with E-state index in [0.29, 0.717) is 36.1 Å². The van der Waals surface area contributed by atoms with Gasteiger partial charge in [-0.25, -0.2) is 0 Å². The fraction of sp³-hybridized carbons (Fsp3) is 0.190. The maximum Gasteiger partial charge on any atom is 0.265 e. The molecule has 4 rings (SSSR count). The summed E-state index contributed by atoms with van der Waals surface area (Å²) in [5.74, 6) is 1.76. The van der Waals surface area contributed by atoms with Crippen LogP contribution in [0.25, 0.3) is 10.8 Å². The number of hydrogen-bond donors (Lipinski definition) is 1. The third-order valence-corrected chi connectivity index (χ3v) is 4.21. The largest absolute Gasteiger partial charge is 0.486 e. The third kappa shape index (κ3) is 3.42. The third-order valence-electron chi connectivity index (χ3n) is 4.21. The van der Waals surface area contributed by atoms with Crippen LogP contribution >= 0.6 is 0 Å². The molecule has 1 atom stereocenters. The van der Waals surface area contributed by atoms with Crippen molar-refractivity contribution in [2.24, 2.45) is 0 Å². The molecule has 0 spiro atoms. The Morgan fingerprint density at radius 1 is 0.962 bits per heavy atom. The number of carbonyl (C=O) groups is 1. The van der Waals surface area contributed by atoms with Gasteiger partial charge in [0.15, 0.2) is 17.6 Å². The van der Waals surface area contributed by atoms with E-state index in [-0.39, 0.29) is 5.91 Å². The Bertz CT molecular complexity index is 954. The van der Waals surface area contributed by atoms with Gasteiger partial charge in [-0.1, -0.05) is 30.3 Å². The molecule has 1 amide bonds. The molecule has 0 saturated carbocycles. The van der Waals surface area contributed by atoms with E-state index < -0.39 is 6.10 Å². The average molecular weight is 349 g/mol. The van der Waals surface area contributed by atoms with Gasteiger partial charge in [0.2, 0.25) is 0 Å². The van der Waals surface area contributed by atoms with E-state index in [1.165, 1.54) is 0 Å². The molecule has 3 aromatic carbocycles. The molecule has 1 N–H and O–H groups in total.